The van der Waals surface area contributed by atoms with Crippen molar-refractivity contribution >= 4 is 45.6 Å². The van der Waals surface area contributed by atoms with Crippen molar-refractivity contribution in [3.63, 3.8) is 0 Å². The van der Waals surface area contributed by atoms with Gasteiger partial charge in [0.15, 0.2) is 10.1 Å². The van der Waals surface area contributed by atoms with Crippen molar-refractivity contribution in [1.82, 2.24) is 10.2 Å². The molecule has 5 rings (SSSR count). The number of nitriles is 1. The number of aromatic nitrogens is 2. The summed E-state index contributed by atoms with van der Waals surface area (Å²) >= 11 is 9.21. The summed E-state index contributed by atoms with van der Waals surface area (Å²) in [5, 5.41) is 20.3. The zero-order valence-corrected chi connectivity index (χ0v) is 23.6. The lowest BCUT2D eigenvalue weighted by Gasteiger charge is -2.42. The van der Waals surface area contributed by atoms with Crippen molar-refractivity contribution in [3.05, 3.63) is 87.3 Å². The number of nitrogens with two attached hydrogens (primary N) is 1. The van der Waals surface area contributed by atoms with E-state index in [2.05, 4.69) is 30.1 Å². The van der Waals surface area contributed by atoms with Crippen molar-refractivity contribution in [2.45, 2.75) is 42.7 Å². The van der Waals surface area contributed by atoms with Gasteiger partial charge in [-0.2, -0.15) is 5.26 Å². The molecule has 194 valence electrons. The van der Waals surface area contributed by atoms with Crippen LogP contribution in [-0.2, 0) is 10.5 Å². The molecule has 7 nitrogen and oxygen atoms in total. The van der Waals surface area contributed by atoms with E-state index >= 15 is 0 Å². The minimum Gasteiger partial charge on any atom is -0.496 e. The lowest BCUT2D eigenvalue weighted by molar-refractivity contribution is -0.118. The zero-order chi connectivity index (χ0) is 27.0. The summed E-state index contributed by atoms with van der Waals surface area (Å²) < 4.78 is 6.35. The van der Waals surface area contributed by atoms with Crippen LogP contribution in [0.3, 0.4) is 0 Å². The molecule has 10 heteroatoms. The third-order valence-corrected chi connectivity index (χ3v) is 9.19. The molecule has 0 radical (unpaired) electrons. The van der Waals surface area contributed by atoms with Crippen molar-refractivity contribution in [2.24, 2.45) is 11.1 Å². The fraction of sp³-hybridized carbons (Fsp3) is 0.286. The van der Waals surface area contributed by atoms with Gasteiger partial charge < -0.3 is 10.5 Å². The average molecular weight is 564 g/mol. The van der Waals surface area contributed by atoms with Gasteiger partial charge in [0, 0.05) is 34.0 Å². The van der Waals surface area contributed by atoms with Gasteiger partial charge in [0.05, 0.1) is 24.7 Å². The van der Waals surface area contributed by atoms with E-state index in [1.54, 1.807) is 12.0 Å². The van der Waals surface area contributed by atoms with E-state index in [1.807, 2.05) is 48.5 Å². The molecule has 2 heterocycles. The Bertz CT molecular complexity index is 1520. The fourth-order valence-electron chi connectivity index (χ4n) is 5.05. The number of methoxy groups -OCH3 is 1. The van der Waals surface area contributed by atoms with E-state index in [9.17, 15) is 10.1 Å². The van der Waals surface area contributed by atoms with Gasteiger partial charge in [0.25, 0.3) is 0 Å². The monoisotopic (exact) mass is 563 g/mol. The molecular weight excluding hydrogens is 538 g/mol. The van der Waals surface area contributed by atoms with Crippen LogP contribution in [0, 0.1) is 16.7 Å². The molecule has 1 aliphatic carbocycles. The number of benzene rings is 2. The Morgan fingerprint density at radius 3 is 2.68 bits per heavy atom. The third kappa shape index (κ3) is 4.80. The molecule has 0 bridgehead atoms. The number of ketones is 1. The van der Waals surface area contributed by atoms with Gasteiger partial charge in [-0.1, -0.05) is 84.9 Å². The molecule has 0 saturated heterocycles. The maximum absolute atomic E-state index is 13.7. The summed E-state index contributed by atoms with van der Waals surface area (Å²) in [6.45, 7) is 4.13. The van der Waals surface area contributed by atoms with Gasteiger partial charge in [0.2, 0.25) is 5.13 Å². The molecule has 0 saturated carbocycles. The molecule has 38 heavy (non-hydrogen) atoms. The van der Waals surface area contributed by atoms with Crippen molar-refractivity contribution < 1.29 is 9.53 Å². The molecule has 3 aromatic rings. The first kappa shape index (κ1) is 26.3. The molecule has 1 atom stereocenters. The van der Waals surface area contributed by atoms with Gasteiger partial charge >= 0.3 is 0 Å². The Hall–Kier alpha value is -3.32. The van der Waals surface area contributed by atoms with E-state index in [0.717, 1.165) is 21.2 Å². The maximum Gasteiger partial charge on any atom is 0.219 e. The standard InChI is InChI=1S/C28H26ClN5O2S2/c1-28(2)12-20-24(21(35)13-28)23(17-9-5-7-11-22(17)36-3)18(14-30)25(31)34(20)26-32-33-27(38-26)37-15-16-8-4-6-10-19(16)29/h4-11,23H,12-13,15,31H2,1-3H3/t23-/m1/s1. The first-order valence-corrected chi connectivity index (χ1v) is 14.2. The Balaban J connectivity index is 1.59. The fourth-order valence-corrected chi connectivity index (χ4v) is 7.22. The van der Waals surface area contributed by atoms with Gasteiger partial charge in [-0.15, -0.1) is 10.2 Å². The molecule has 0 spiro atoms. The lowest BCUT2D eigenvalue weighted by atomic mass is 9.68. The average Bonchev–Trinajstić information content (AvgIpc) is 3.35. The number of rotatable bonds is 6. The summed E-state index contributed by atoms with van der Waals surface area (Å²) in [6.07, 6.45) is 0.972. The number of ether oxygens (including phenoxy) is 1. The van der Waals surface area contributed by atoms with E-state index in [0.29, 0.717) is 45.6 Å². The van der Waals surface area contributed by atoms with E-state index in [1.165, 1.54) is 23.1 Å². The van der Waals surface area contributed by atoms with Crippen LogP contribution in [0.1, 0.15) is 43.7 Å². The molecule has 1 aliphatic heterocycles. The molecule has 2 aliphatic rings. The van der Waals surface area contributed by atoms with Crippen LogP contribution in [0.4, 0.5) is 5.13 Å². The van der Waals surface area contributed by atoms with E-state index < -0.39 is 5.92 Å². The Labute approximate surface area is 235 Å². The SMILES string of the molecule is COc1ccccc1[C@@H]1C(C#N)=C(N)N(c2nnc(SCc3ccccc3Cl)s2)C2=C1C(=O)CC(C)(C)C2. The molecular formula is C28H26ClN5O2S2. The number of anilines is 1. The predicted molar refractivity (Wildman–Crippen MR) is 151 cm³/mol. The quantitative estimate of drug-likeness (QED) is 0.342. The summed E-state index contributed by atoms with van der Waals surface area (Å²) in [6, 6.07) is 17.4. The number of Topliss-reactive ketones (excluding diaryl/α,β-unsaturated/α-hetero) is 1. The van der Waals surface area contributed by atoms with E-state index in [4.69, 9.17) is 22.1 Å². The minimum atomic E-state index is -0.618. The van der Waals surface area contributed by atoms with E-state index in [-0.39, 0.29) is 17.0 Å². The lowest BCUT2D eigenvalue weighted by Crippen LogP contribution is -2.42. The van der Waals surface area contributed by atoms with Crippen LogP contribution in [0.2, 0.25) is 5.02 Å². The number of carbonyl (C=O) groups excluding carboxylic acids is 1. The van der Waals surface area contributed by atoms with Crippen molar-refractivity contribution in [2.75, 3.05) is 12.0 Å². The highest BCUT2D eigenvalue weighted by Crippen LogP contribution is 2.52. The number of halogens is 1. The molecule has 0 fully saturated rings. The summed E-state index contributed by atoms with van der Waals surface area (Å²) in [4.78, 5) is 15.5. The van der Waals surface area contributed by atoms with Gasteiger partial charge in [-0.05, 0) is 29.5 Å². The Kier molecular flexibility index (Phi) is 7.23. The molecule has 0 amide bonds. The van der Waals surface area contributed by atoms with Gasteiger partial charge in [-0.25, -0.2) is 0 Å². The van der Waals surface area contributed by atoms with Crippen molar-refractivity contribution in [3.8, 4) is 11.8 Å². The second-order valence-corrected chi connectivity index (χ2v) is 12.5. The van der Waals surface area contributed by atoms with Crippen LogP contribution >= 0.6 is 34.7 Å². The molecule has 0 unspecified atom stereocenters. The topological polar surface area (TPSA) is 105 Å². The first-order valence-electron chi connectivity index (χ1n) is 12.0. The van der Waals surface area contributed by atoms with Crippen LogP contribution in [0.15, 0.2) is 75.5 Å². The number of para-hydroxylation sites is 1. The number of allylic oxidation sites excluding steroid dienone is 3. The minimum absolute atomic E-state index is 0.00441. The Morgan fingerprint density at radius 1 is 1.21 bits per heavy atom. The number of hydrogen-bond donors (Lipinski definition) is 1. The van der Waals surface area contributed by atoms with Crippen LogP contribution in [0.5, 0.6) is 5.75 Å². The number of thioether (sulfide) groups is 1. The number of hydrogen-bond acceptors (Lipinski definition) is 9. The highest BCUT2D eigenvalue weighted by Gasteiger charge is 2.46. The predicted octanol–water partition coefficient (Wildman–Crippen LogP) is 6.43. The smallest absolute Gasteiger partial charge is 0.219 e. The highest BCUT2D eigenvalue weighted by molar-refractivity contribution is 8.00. The summed E-state index contributed by atoms with van der Waals surface area (Å²) in [5.74, 6) is 0.873. The Morgan fingerprint density at radius 2 is 1.95 bits per heavy atom. The molecule has 2 aromatic carbocycles. The highest BCUT2D eigenvalue weighted by atomic mass is 35.5. The van der Waals surface area contributed by atoms with Gasteiger partial charge in [0.1, 0.15) is 11.6 Å². The van der Waals surface area contributed by atoms with Crippen LogP contribution < -0.4 is 15.4 Å². The molecule has 2 N–H and O–H groups in total. The second-order valence-electron chi connectivity index (χ2n) is 9.95. The van der Waals surface area contributed by atoms with Crippen molar-refractivity contribution in [1.29, 1.82) is 5.26 Å². The maximum atomic E-state index is 13.7. The second kappa shape index (κ2) is 10.4. The van der Waals surface area contributed by atoms with Crippen LogP contribution in [0.25, 0.3) is 0 Å². The first-order chi connectivity index (χ1) is 18.2. The zero-order valence-electron chi connectivity index (χ0n) is 21.2. The summed E-state index contributed by atoms with van der Waals surface area (Å²) in [7, 11) is 1.58. The molecule has 1 aromatic heterocycles. The largest absolute Gasteiger partial charge is 0.496 e. The number of carbonyl (C=O) groups is 1. The third-order valence-electron chi connectivity index (χ3n) is 6.73. The van der Waals surface area contributed by atoms with Crippen LogP contribution in [-0.4, -0.2) is 23.1 Å². The number of nitrogens with zero attached hydrogens (tertiary/aromatic N) is 4. The normalized spacial score (nSPS) is 18.9. The summed E-state index contributed by atoms with van der Waals surface area (Å²) in [5.41, 5.74) is 9.82. The van der Waals surface area contributed by atoms with Gasteiger partial charge in [-0.3, -0.25) is 9.69 Å².